The van der Waals surface area contributed by atoms with Gasteiger partial charge in [-0.2, -0.15) is 9.62 Å². The Kier molecular flexibility index (Phi) is 11.1. The zero-order valence-electron chi connectivity index (χ0n) is 28.4. The maximum atomic E-state index is 14.3. The Labute approximate surface area is 285 Å². The van der Waals surface area contributed by atoms with Crippen molar-refractivity contribution in [2.24, 2.45) is 4.36 Å². The van der Waals surface area contributed by atoms with E-state index in [4.69, 9.17) is 4.74 Å². The van der Waals surface area contributed by atoms with E-state index >= 15 is 0 Å². The Hall–Kier alpha value is -4.90. The largest absolute Gasteiger partial charge is 0.444 e. The standard InChI is InChI=1S/C35H40F2N6O5S/c1-23-28(25-13-11-24(20-38)12-14-25)21-39-31(43-17-8-15-35(36,37)16-18-43)30(23)32(45)40-26-9-7-10-27(19-26)49(6,47)41-29(44)22-42(5)33(46)48-34(2,3)4/h7,9-14,19,21H,8,15-18,22H2,1-6H3,(H,40,45)/t49-/m1/s1. The van der Waals surface area contributed by atoms with Crippen molar-refractivity contribution >= 4 is 39.1 Å². The van der Waals surface area contributed by atoms with Crippen molar-refractivity contribution in [3.8, 4) is 17.2 Å². The zero-order chi connectivity index (χ0) is 36.1. The third-order valence-corrected chi connectivity index (χ3v) is 9.45. The van der Waals surface area contributed by atoms with E-state index in [0.29, 0.717) is 22.3 Å². The molecule has 1 aliphatic heterocycles. The second kappa shape index (κ2) is 14.7. The minimum absolute atomic E-state index is 0.00195. The third-order valence-electron chi connectivity index (χ3n) is 7.77. The monoisotopic (exact) mass is 694 g/mol. The Morgan fingerprint density at radius 1 is 1.14 bits per heavy atom. The van der Waals surface area contributed by atoms with Crippen LogP contribution < -0.4 is 10.2 Å². The van der Waals surface area contributed by atoms with E-state index < -0.39 is 45.7 Å². The maximum absolute atomic E-state index is 14.3. The number of pyridine rings is 1. The number of alkyl halides is 2. The average molecular weight is 695 g/mol. The van der Waals surface area contributed by atoms with E-state index in [9.17, 15) is 32.6 Å². The lowest BCUT2D eigenvalue weighted by atomic mass is 9.97. The summed E-state index contributed by atoms with van der Waals surface area (Å²) in [5.74, 6) is -3.93. The first-order valence-electron chi connectivity index (χ1n) is 15.6. The van der Waals surface area contributed by atoms with Crippen LogP contribution in [0.3, 0.4) is 0 Å². The molecule has 0 saturated carbocycles. The fourth-order valence-electron chi connectivity index (χ4n) is 5.28. The van der Waals surface area contributed by atoms with Gasteiger partial charge in [0.15, 0.2) is 0 Å². The van der Waals surface area contributed by atoms with Crippen LogP contribution in [-0.4, -0.2) is 76.5 Å². The van der Waals surface area contributed by atoms with Crippen molar-refractivity contribution in [3.63, 3.8) is 0 Å². The number of amides is 3. The predicted molar refractivity (Wildman–Crippen MR) is 183 cm³/mol. The summed E-state index contributed by atoms with van der Waals surface area (Å²) in [6, 6.07) is 14.9. The summed E-state index contributed by atoms with van der Waals surface area (Å²) in [5.41, 5.74) is 2.01. The predicted octanol–water partition coefficient (Wildman–Crippen LogP) is 6.66. The number of nitriles is 1. The topological polar surface area (TPSA) is 145 Å². The summed E-state index contributed by atoms with van der Waals surface area (Å²) >= 11 is 0. The molecule has 260 valence electrons. The van der Waals surface area contributed by atoms with E-state index in [1.54, 1.807) is 75.2 Å². The average Bonchev–Trinajstić information content (AvgIpc) is 3.20. The van der Waals surface area contributed by atoms with Crippen LogP contribution in [0.5, 0.6) is 0 Å². The summed E-state index contributed by atoms with van der Waals surface area (Å²) in [5, 5.41) is 12.0. The third kappa shape index (κ3) is 9.60. The number of rotatable bonds is 7. The number of halogens is 2. The zero-order valence-corrected chi connectivity index (χ0v) is 29.2. The number of carbonyl (C=O) groups is 3. The number of carbonyl (C=O) groups excluding carboxylic acids is 3. The molecule has 1 aliphatic rings. The number of nitrogens with zero attached hydrogens (tertiary/aromatic N) is 5. The van der Waals surface area contributed by atoms with Gasteiger partial charge in [0.05, 0.1) is 26.9 Å². The van der Waals surface area contributed by atoms with Crippen molar-refractivity contribution in [1.29, 1.82) is 5.26 Å². The van der Waals surface area contributed by atoms with Crippen LogP contribution in [0.15, 0.2) is 64.0 Å². The highest BCUT2D eigenvalue weighted by molar-refractivity contribution is 7.93. The number of hydrogen-bond acceptors (Lipinski definition) is 8. The van der Waals surface area contributed by atoms with Crippen molar-refractivity contribution in [3.05, 3.63) is 71.4 Å². The molecular weight excluding hydrogens is 654 g/mol. The number of hydrogen-bond donors (Lipinski definition) is 1. The van der Waals surface area contributed by atoms with Crippen LogP contribution in [0.1, 0.15) is 61.5 Å². The van der Waals surface area contributed by atoms with Crippen molar-refractivity contribution in [1.82, 2.24) is 9.88 Å². The normalized spacial score (nSPS) is 15.6. The first-order valence-corrected chi connectivity index (χ1v) is 17.5. The van der Waals surface area contributed by atoms with Gasteiger partial charge in [0.25, 0.3) is 11.8 Å². The molecule has 1 aromatic heterocycles. The molecule has 14 heteroatoms. The van der Waals surface area contributed by atoms with Crippen LogP contribution in [0.25, 0.3) is 11.1 Å². The molecule has 49 heavy (non-hydrogen) atoms. The molecule has 11 nitrogen and oxygen atoms in total. The lowest BCUT2D eigenvalue weighted by Crippen LogP contribution is -2.37. The highest BCUT2D eigenvalue weighted by Crippen LogP contribution is 2.35. The van der Waals surface area contributed by atoms with Crippen molar-refractivity contribution in [2.45, 2.75) is 63.4 Å². The van der Waals surface area contributed by atoms with Gasteiger partial charge in [-0.05, 0) is 75.6 Å². The number of nitrogens with one attached hydrogen (secondary N) is 1. The first kappa shape index (κ1) is 36.9. The first-order chi connectivity index (χ1) is 22.9. The molecule has 1 fully saturated rings. The molecule has 0 radical (unpaired) electrons. The Morgan fingerprint density at radius 3 is 2.49 bits per heavy atom. The molecule has 1 saturated heterocycles. The summed E-state index contributed by atoms with van der Waals surface area (Å²) < 4.78 is 51.3. The minimum Gasteiger partial charge on any atom is -0.444 e. The molecule has 0 spiro atoms. The van der Waals surface area contributed by atoms with Gasteiger partial charge >= 0.3 is 6.09 Å². The summed E-state index contributed by atoms with van der Waals surface area (Å²) in [6.07, 6.45) is 1.72. The smallest absolute Gasteiger partial charge is 0.410 e. The highest BCUT2D eigenvalue weighted by atomic mass is 32.2. The molecule has 2 aromatic carbocycles. The maximum Gasteiger partial charge on any atom is 0.410 e. The molecule has 0 aliphatic carbocycles. The van der Waals surface area contributed by atoms with Gasteiger partial charge in [-0.1, -0.05) is 18.2 Å². The second-order valence-electron chi connectivity index (χ2n) is 13.0. The molecule has 1 N–H and O–H groups in total. The SMILES string of the molecule is Cc1c(-c2ccc(C#N)cc2)cnc(N2CCCC(F)(F)CC2)c1C(=O)Nc1cccc([S@@](C)(=O)=NC(=O)CN(C)C(=O)OC(C)(C)C)c1. The van der Waals surface area contributed by atoms with Crippen LogP contribution >= 0.6 is 0 Å². The summed E-state index contributed by atoms with van der Waals surface area (Å²) in [4.78, 5) is 46.5. The van der Waals surface area contributed by atoms with Crippen LogP contribution in [-0.2, 0) is 19.3 Å². The van der Waals surface area contributed by atoms with Gasteiger partial charge in [0.1, 0.15) is 18.0 Å². The van der Waals surface area contributed by atoms with Crippen LogP contribution in [0.4, 0.5) is 25.1 Å². The molecule has 4 rings (SSSR count). The van der Waals surface area contributed by atoms with Crippen molar-refractivity contribution < 1.29 is 32.1 Å². The van der Waals surface area contributed by atoms with E-state index in [1.165, 1.54) is 25.4 Å². The molecule has 2 heterocycles. The summed E-state index contributed by atoms with van der Waals surface area (Å²) in [6.45, 7) is 6.65. The Bertz CT molecular complexity index is 1910. The minimum atomic E-state index is -3.31. The Balaban J connectivity index is 1.65. The van der Waals surface area contributed by atoms with Gasteiger partial charge in [0.2, 0.25) is 5.92 Å². The summed E-state index contributed by atoms with van der Waals surface area (Å²) in [7, 11) is -1.94. The number of likely N-dealkylation sites (N-methyl/N-ethyl adjacent to an activating group) is 1. The van der Waals surface area contributed by atoms with Gasteiger partial charge in [0, 0.05) is 61.6 Å². The van der Waals surface area contributed by atoms with Crippen LogP contribution in [0, 0.1) is 18.3 Å². The van der Waals surface area contributed by atoms with Gasteiger partial charge < -0.3 is 19.9 Å². The van der Waals surface area contributed by atoms with Gasteiger partial charge in [-0.15, -0.1) is 0 Å². The lowest BCUT2D eigenvalue weighted by molar-refractivity contribution is -0.118. The van der Waals surface area contributed by atoms with E-state index in [0.717, 1.165) is 4.90 Å². The number of anilines is 2. The fraction of sp³-hybridized carbons (Fsp3) is 0.400. The quantitative estimate of drug-likeness (QED) is 0.289. The molecule has 3 aromatic rings. The number of aromatic nitrogens is 1. The van der Waals surface area contributed by atoms with Gasteiger partial charge in [-0.25, -0.2) is 22.8 Å². The number of benzene rings is 2. The molecule has 0 bridgehead atoms. The van der Waals surface area contributed by atoms with Crippen LogP contribution in [0.2, 0.25) is 0 Å². The van der Waals surface area contributed by atoms with E-state index in [2.05, 4.69) is 20.7 Å². The molecule has 1 atom stereocenters. The van der Waals surface area contributed by atoms with Gasteiger partial charge in [-0.3, -0.25) is 9.59 Å². The van der Waals surface area contributed by atoms with E-state index in [-0.39, 0.29) is 54.3 Å². The molecular formula is C35H40F2N6O5S. The number of ether oxygens (including phenoxy) is 1. The molecule has 0 unspecified atom stereocenters. The van der Waals surface area contributed by atoms with Crippen molar-refractivity contribution in [2.75, 3.05) is 43.2 Å². The fourth-order valence-corrected chi connectivity index (χ4v) is 6.51. The Morgan fingerprint density at radius 2 is 1.84 bits per heavy atom. The second-order valence-corrected chi connectivity index (χ2v) is 15.2. The van der Waals surface area contributed by atoms with E-state index in [1.807, 2.05) is 0 Å². The highest BCUT2D eigenvalue weighted by Gasteiger charge is 2.34. The molecule has 3 amide bonds. The lowest BCUT2D eigenvalue weighted by Gasteiger charge is -2.26.